The van der Waals surface area contributed by atoms with Crippen LogP contribution in [0.1, 0.15) is 57.8 Å². The molecule has 0 aromatic heterocycles. The van der Waals surface area contributed by atoms with Crippen LogP contribution in [0.25, 0.3) is 0 Å². The second kappa shape index (κ2) is 5.75. The summed E-state index contributed by atoms with van der Waals surface area (Å²) >= 11 is 0. The van der Waals surface area contributed by atoms with Crippen LogP contribution in [-0.2, 0) is 4.79 Å². The van der Waals surface area contributed by atoms with E-state index >= 15 is 0 Å². The summed E-state index contributed by atoms with van der Waals surface area (Å²) in [5, 5.41) is 9.35. The predicted octanol–water partition coefficient (Wildman–Crippen LogP) is 1.83. The number of carbonyl (C=O) groups is 1. The second-order valence-electron chi connectivity index (χ2n) is 8.11. The predicted molar refractivity (Wildman–Crippen MR) is 87.1 cm³/mol. The number of amides is 1. The zero-order chi connectivity index (χ0) is 16.0. The van der Waals surface area contributed by atoms with E-state index < -0.39 is 0 Å². The Kier molecular flexibility index (Phi) is 3.85. The quantitative estimate of drug-likeness (QED) is 0.785. The molecular formula is C18H28N4O. The Balaban J connectivity index is 1.64. The van der Waals surface area contributed by atoms with E-state index in [0.29, 0.717) is 0 Å². The fraction of sp³-hybridized carbons (Fsp3) is 0.889. The van der Waals surface area contributed by atoms with Gasteiger partial charge in [-0.2, -0.15) is 5.26 Å². The number of rotatable bonds is 5. The van der Waals surface area contributed by atoms with Crippen molar-refractivity contribution in [2.45, 2.75) is 76.0 Å². The van der Waals surface area contributed by atoms with Crippen LogP contribution in [0, 0.1) is 22.7 Å². The molecule has 0 aromatic rings. The summed E-state index contributed by atoms with van der Waals surface area (Å²) in [6, 6.07) is 2.38. The molecule has 126 valence electrons. The topological polar surface area (TPSA) is 72.9 Å². The molecule has 0 spiro atoms. The minimum Gasteiger partial charge on any atom is -0.368 e. The molecule has 0 aromatic carbocycles. The Hall–Kier alpha value is -1.12. The van der Waals surface area contributed by atoms with Crippen molar-refractivity contribution >= 4 is 5.91 Å². The highest BCUT2D eigenvalue weighted by molar-refractivity contribution is 5.83. The van der Waals surface area contributed by atoms with Crippen molar-refractivity contribution < 1.29 is 4.79 Å². The maximum Gasteiger partial charge on any atom is 0.236 e. The van der Waals surface area contributed by atoms with Gasteiger partial charge < -0.3 is 5.73 Å². The van der Waals surface area contributed by atoms with E-state index in [1.165, 1.54) is 57.8 Å². The molecule has 2 aliphatic heterocycles. The molecule has 4 fully saturated rings. The molecule has 2 saturated carbocycles. The van der Waals surface area contributed by atoms with Crippen LogP contribution in [0.5, 0.6) is 0 Å². The van der Waals surface area contributed by atoms with Crippen molar-refractivity contribution in [3.63, 3.8) is 0 Å². The number of hydrogen-bond acceptors (Lipinski definition) is 4. The van der Waals surface area contributed by atoms with Gasteiger partial charge >= 0.3 is 0 Å². The number of nitrogens with two attached hydrogens (primary N) is 1. The zero-order valence-electron chi connectivity index (χ0n) is 13.9. The lowest BCUT2D eigenvalue weighted by Crippen LogP contribution is -2.52. The van der Waals surface area contributed by atoms with E-state index in [2.05, 4.69) is 15.9 Å². The van der Waals surface area contributed by atoms with Gasteiger partial charge in [-0.15, -0.1) is 0 Å². The lowest BCUT2D eigenvalue weighted by atomic mass is 9.63. The molecule has 23 heavy (non-hydrogen) atoms. The summed E-state index contributed by atoms with van der Waals surface area (Å²) in [6.07, 6.45) is 12.1. The Morgan fingerprint density at radius 2 is 1.78 bits per heavy atom. The van der Waals surface area contributed by atoms with Crippen LogP contribution in [0.4, 0.5) is 0 Å². The van der Waals surface area contributed by atoms with E-state index in [9.17, 15) is 10.1 Å². The molecule has 4 aliphatic rings. The second-order valence-corrected chi connectivity index (χ2v) is 8.11. The minimum atomic E-state index is -0.192. The number of hydrogen-bond donors (Lipinski definition) is 1. The Labute approximate surface area is 138 Å². The van der Waals surface area contributed by atoms with E-state index in [-0.39, 0.29) is 29.6 Å². The smallest absolute Gasteiger partial charge is 0.236 e. The monoisotopic (exact) mass is 316 g/mol. The Bertz CT molecular complexity index is 516. The largest absolute Gasteiger partial charge is 0.368 e. The summed E-state index contributed by atoms with van der Waals surface area (Å²) in [5.41, 5.74) is 5.86. The van der Waals surface area contributed by atoms with Gasteiger partial charge in [-0.05, 0) is 31.6 Å². The van der Waals surface area contributed by atoms with Crippen LogP contribution in [0.2, 0.25) is 0 Å². The highest BCUT2D eigenvalue weighted by atomic mass is 16.1. The van der Waals surface area contributed by atoms with Gasteiger partial charge in [0.25, 0.3) is 0 Å². The van der Waals surface area contributed by atoms with Crippen LogP contribution < -0.4 is 5.73 Å². The first kappa shape index (κ1) is 15.4. The Morgan fingerprint density at radius 1 is 1.09 bits per heavy atom. The maximum atomic E-state index is 11.7. The highest BCUT2D eigenvalue weighted by Gasteiger charge is 2.61. The fourth-order valence-electron chi connectivity index (χ4n) is 5.65. The third-order valence-corrected chi connectivity index (χ3v) is 6.87. The average Bonchev–Trinajstić information content (AvgIpc) is 3.46. The third-order valence-electron chi connectivity index (χ3n) is 6.87. The maximum absolute atomic E-state index is 11.7. The molecule has 5 nitrogen and oxygen atoms in total. The van der Waals surface area contributed by atoms with E-state index in [4.69, 9.17) is 5.73 Å². The number of primary amides is 1. The first-order valence-electron chi connectivity index (χ1n) is 9.38. The summed E-state index contributed by atoms with van der Waals surface area (Å²) in [5.74, 6) is 0.574. The average molecular weight is 316 g/mol. The van der Waals surface area contributed by atoms with Crippen molar-refractivity contribution in [2.24, 2.45) is 17.1 Å². The van der Waals surface area contributed by atoms with Crippen LogP contribution in [0.3, 0.4) is 0 Å². The van der Waals surface area contributed by atoms with E-state index in [1.807, 2.05) is 0 Å². The zero-order valence-corrected chi connectivity index (χ0v) is 13.9. The molecule has 5 atom stereocenters. The van der Waals surface area contributed by atoms with Crippen LogP contribution in [-0.4, -0.2) is 47.0 Å². The molecule has 5 unspecified atom stereocenters. The molecule has 0 radical (unpaired) electrons. The molecular weight excluding hydrogens is 288 g/mol. The number of carbonyl (C=O) groups excluding carboxylic acids is 1. The third kappa shape index (κ3) is 2.56. The molecule has 2 heterocycles. The summed E-state index contributed by atoms with van der Waals surface area (Å²) < 4.78 is 0. The van der Waals surface area contributed by atoms with Gasteiger partial charge in [0.05, 0.1) is 12.2 Å². The van der Waals surface area contributed by atoms with Gasteiger partial charge in [0.2, 0.25) is 5.91 Å². The van der Waals surface area contributed by atoms with Gasteiger partial charge in [-0.25, -0.2) is 0 Å². The normalized spacial score (nSPS) is 40.3. The van der Waals surface area contributed by atoms with Gasteiger partial charge in [-0.3, -0.25) is 14.6 Å². The lowest BCUT2D eigenvalue weighted by molar-refractivity contribution is -0.119. The van der Waals surface area contributed by atoms with Gasteiger partial charge in [-0.1, -0.05) is 32.1 Å². The molecule has 2 saturated heterocycles. The van der Waals surface area contributed by atoms with Crippen molar-refractivity contribution in [1.82, 2.24) is 9.80 Å². The standard InChI is InChI=1S/C18H28N4O/c19-10-14-11-21(14)17(22-12-15(22)16(20)23)18(8-4-1-5-9-18)13-6-2-3-7-13/h13-15,17H,1-9,11-12H2,(H2,20,23). The molecule has 2 N–H and O–H groups in total. The van der Waals surface area contributed by atoms with Crippen molar-refractivity contribution in [3.8, 4) is 6.07 Å². The molecule has 1 amide bonds. The SMILES string of the molecule is N#CC1CN1C(N1CC1C(N)=O)C1(C2CCCC2)CCCCC1. The van der Waals surface area contributed by atoms with Crippen LogP contribution in [0.15, 0.2) is 0 Å². The fourth-order valence-corrected chi connectivity index (χ4v) is 5.65. The summed E-state index contributed by atoms with van der Waals surface area (Å²) in [4.78, 5) is 16.3. The van der Waals surface area contributed by atoms with Gasteiger partial charge in [0.15, 0.2) is 0 Å². The van der Waals surface area contributed by atoms with Crippen molar-refractivity contribution in [2.75, 3.05) is 13.1 Å². The minimum absolute atomic E-state index is 0.0503. The first-order valence-corrected chi connectivity index (χ1v) is 9.38. The lowest BCUT2D eigenvalue weighted by Gasteiger charge is -2.49. The van der Waals surface area contributed by atoms with Crippen molar-refractivity contribution in [3.05, 3.63) is 0 Å². The summed E-state index contributed by atoms with van der Waals surface area (Å²) in [7, 11) is 0. The highest BCUT2D eigenvalue weighted by Crippen LogP contribution is 2.56. The van der Waals surface area contributed by atoms with Crippen molar-refractivity contribution in [1.29, 1.82) is 5.26 Å². The molecule has 4 rings (SSSR count). The molecule has 2 aliphatic carbocycles. The summed E-state index contributed by atoms with van der Waals surface area (Å²) in [6.45, 7) is 1.67. The van der Waals surface area contributed by atoms with Gasteiger partial charge in [0, 0.05) is 18.5 Å². The number of nitriles is 1. The number of nitrogens with zero attached hydrogens (tertiary/aromatic N) is 3. The molecule has 0 bridgehead atoms. The first-order chi connectivity index (χ1) is 11.2. The molecule has 5 heteroatoms. The Morgan fingerprint density at radius 3 is 2.30 bits per heavy atom. The van der Waals surface area contributed by atoms with Crippen LogP contribution >= 0.6 is 0 Å². The van der Waals surface area contributed by atoms with Gasteiger partial charge in [0.1, 0.15) is 12.1 Å². The van der Waals surface area contributed by atoms with E-state index in [1.54, 1.807) is 0 Å². The van der Waals surface area contributed by atoms with E-state index in [0.717, 1.165) is 19.0 Å².